The summed E-state index contributed by atoms with van der Waals surface area (Å²) >= 11 is 6.10. The van der Waals surface area contributed by atoms with Crippen LogP contribution in [0.4, 0.5) is 5.69 Å². The van der Waals surface area contributed by atoms with Crippen LogP contribution in [0.25, 0.3) is 0 Å². The molecule has 6 heteroatoms. The van der Waals surface area contributed by atoms with Crippen LogP contribution in [0.1, 0.15) is 29.8 Å². The highest BCUT2D eigenvalue weighted by Crippen LogP contribution is 2.21. The highest BCUT2D eigenvalue weighted by atomic mass is 35.5. The van der Waals surface area contributed by atoms with Gasteiger partial charge in [0.1, 0.15) is 6.04 Å². The molecule has 3 rings (SSSR count). The Morgan fingerprint density at radius 2 is 1.69 bits per heavy atom. The zero-order valence-corrected chi connectivity index (χ0v) is 17.9. The zero-order valence-electron chi connectivity index (χ0n) is 17.2. The molecule has 1 aliphatic rings. The van der Waals surface area contributed by atoms with E-state index in [2.05, 4.69) is 10.2 Å². The van der Waals surface area contributed by atoms with Crippen molar-refractivity contribution >= 4 is 29.1 Å². The largest absolute Gasteiger partial charge is 0.368 e. The molecule has 1 heterocycles. The molecule has 0 unspecified atom stereocenters. The molecule has 2 aromatic rings. The van der Waals surface area contributed by atoms with Gasteiger partial charge in [0.05, 0.1) is 0 Å². The minimum Gasteiger partial charge on any atom is -0.368 e. The van der Waals surface area contributed by atoms with Crippen molar-refractivity contribution in [1.29, 1.82) is 0 Å². The molecule has 0 radical (unpaired) electrons. The van der Waals surface area contributed by atoms with E-state index < -0.39 is 6.04 Å². The normalized spacial score (nSPS) is 15.3. The summed E-state index contributed by atoms with van der Waals surface area (Å²) in [6.45, 7) is 8.58. The molecule has 29 heavy (non-hydrogen) atoms. The third kappa shape index (κ3) is 5.30. The molecule has 1 saturated heterocycles. The van der Waals surface area contributed by atoms with Crippen LogP contribution in [-0.4, -0.2) is 48.9 Å². The lowest BCUT2D eigenvalue weighted by molar-refractivity contribution is -0.134. The van der Waals surface area contributed by atoms with E-state index in [1.165, 1.54) is 0 Å². The first kappa shape index (κ1) is 21.2. The van der Waals surface area contributed by atoms with Gasteiger partial charge >= 0.3 is 0 Å². The lowest BCUT2D eigenvalue weighted by Gasteiger charge is -2.38. The molecule has 1 atom stereocenters. The molecule has 1 fully saturated rings. The zero-order chi connectivity index (χ0) is 21.0. The number of hydrogen-bond acceptors (Lipinski definition) is 3. The second-order valence-corrected chi connectivity index (χ2v) is 8.29. The number of nitrogens with one attached hydrogen (secondary N) is 1. The number of nitrogens with zero attached hydrogens (tertiary/aromatic N) is 2. The summed E-state index contributed by atoms with van der Waals surface area (Å²) in [5.74, 6) is -0.229. The van der Waals surface area contributed by atoms with Gasteiger partial charge in [0.2, 0.25) is 5.91 Å². The number of anilines is 1. The molecule has 0 saturated carbocycles. The van der Waals surface area contributed by atoms with E-state index in [1.54, 1.807) is 6.07 Å². The summed E-state index contributed by atoms with van der Waals surface area (Å²) in [5.41, 5.74) is 2.66. The first-order chi connectivity index (χ1) is 13.8. The maximum atomic E-state index is 13.1. The Morgan fingerprint density at radius 3 is 2.31 bits per heavy atom. The molecule has 0 aliphatic carbocycles. The average molecular weight is 414 g/mol. The summed E-state index contributed by atoms with van der Waals surface area (Å²) in [7, 11) is 0. The maximum absolute atomic E-state index is 13.1. The van der Waals surface area contributed by atoms with E-state index in [0.717, 1.165) is 24.3 Å². The van der Waals surface area contributed by atoms with E-state index in [0.29, 0.717) is 23.7 Å². The molecular weight excluding hydrogens is 386 g/mol. The first-order valence-electron chi connectivity index (χ1n) is 10.0. The quantitative estimate of drug-likeness (QED) is 0.812. The molecular formula is C23H28ClN3O2. The van der Waals surface area contributed by atoms with Gasteiger partial charge < -0.3 is 15.1 Å². The van der Waals surface area contributed by atoms with Crippen LogP contribution < -0.4 is 10.2 Å². The van der Waals surface area contributed by atoms with Crippen LogP contribution in [0, 0.1) is 12.8 Å². The Balaban J connectivity index is 1.63. The fraction of sp³-hybridized carbons (Fsp3) is 0.391. The lowest BCUT2D eigenvalue weighted by atomic mass is 10.0. The Labute approximate surface area is 177 Å². The molecule has 5 nitrogen and oxygen atoms in total. The predicted octanol–water partition coefficient (Wildman–Crippen LogP) is 3.75. The summed E-state index contributed by atoms with van der Waals surface area (Å²) in [4.78, 5) is 29.9. The Hall–Kier alpha value is -2.53. The Morgan fingerprint density at radius 1 is 1.00 bits per heavy atom. The number of amides is 2. The van der Waals surface area contributed by atoms with Gasteiger partial charge in [0, 0.05) is 42.5 Å². The van der Waals surface area contributed by atoms with Gasteiger partial charge in [-0.25, -0.2) is 0 Å². The van der Waals surface area contributed by atoms with Crippen LogP contribution in [0.15, 0.2) is 48.5 Å². The lowest BCUT2D eigenvalue weighted by Crippen LogP contribution is -2.56. The van der Waals surface area contributed by atoms with E-state index in [1.807, 2.05) is 68.1 Å². The molecule has 1 aliphatic heterocycles. The number of benzene rings is 2. The van der Waals surface area contributed by atoms with Crippen LogP contribution >= 0.6 is 11.6 Å². The average Bonchev–Trinajstić information content (AvgIpc) is 2.71. The van der Waals surface area contributed by atoms with Crippen molar-refractivity contribution in [2.24, 2.45) is 5.92 Å². The standard InChI is InChI=1S/C23H28ClN3O2/c1-16(2)21(25-22(28)18-7-4-6-17(3)14-18)23(29)27-12-10-26(11-13-27)20-9-5-8-19(24)15-20/h4-9,14-16,21H,10-13H2,1-3H3,(H,25,28)/t21-/m0/s1. The predicted molar refractivity (Wildman–Crippen MR) is 118 cm³/mol. The third-order valence-corrected chi connectivity index (χ3v) is 5.50. The van der Waals surface area contributed by atoms with Gasteiger partial charge in [-0.2, -0.15) is 0 Å². The topological polar surface area (TPSA) is 52.7 Å². The van der Waals surface area contributed by atoms with Crippen LogP contribution in [0.3, 0.4) is 0 Å². The minimum absolute atomic E-state index is 0.00205. The number of aryl methyl sites for hydroxylation is 1. The van der Waals surface area contributed by atoms with Crippen LogP contribution in [0.5, 0.6) is 0 Å². The van der Waals surface area contributed by atoms with Crippen molar-refractivity contribution in [3.63, 3.8) is 0 Å². The van der Waals surface area contributed by atoms with Gasteiger partial charge in [0.25, 0.3) is 5.91 Å². The fourth-order valence-corrected chi connectivity index (χ4v) is 3.76. The molecule has 2 aromatic carbocycles. The smallest absolute Gasteiger partial charge is 0.251 e. The number of rotatable bonds is 5. The van der Waals surface area contributed by atoms with E-state index >= 15 is 0 Å². The second kappa shape index (κ2) is 9.31. The van der Waals surface area contributed by atoms with Crippen LogP contribution in [-0.2, 0) is 4.79 Å². The van der Waals surface area contributed by atoms with Gasteiger partial charge in [-0.05, 0) is 43.2 Å². The highest BCUT2D eigenvalue weighted by Gasteiger charge is 2.31. The number of carbonyl (C=O) groups is 2. The first-order valence-corrected chi connectivity index (χ1v) is 10.4. The molecule has 0 spiro atoms. The van der Waals surface area contributed by atoms with Crippen molar-refractivity contribution in [3.8, 4) is 0 Å². The van der Waals surface area contributed by atoms with Gasteiger partial charge in [-0.1, -0.05) is 49.2 Å². The third-order valence-electron chi connectivity index (χ3n) is 5.26. The van der Waals surface area contributed by atoms with Crippen molar-refractivity contribution in [2.75, 3.05) is 31.1 Å². The van der Waals surface area contributed by atoms with Gasteiger partial charge in [-0.3, -0.25) is 9.59 Å². The monoisotopic (exact) mass is 413 g/mol. The fourth-order valence-electron chi connectivity index (χ4n) is 3.58. The molecule has 0 aromatic heterocycles. The molecule has 2 amide bonds. The van der Waals surface area contributed by atoms with Crippen molar-refractivity contribution in [3.05, 3.63) is 64.7 Å². The summed E-state index contributed by atoms with van der Waals surface area (Å²) in [5, 5.41) is 3.65. The number of hydrogen-bond donors (Lipinski definition) is 1. The summed E-state index contributed by atoms with van der Waals surface area (Å²) in [6, 6.07) is 14.6. The minimum atomic E-state index is -0.541. The number of carbonyl (C=O) groups excluding carboxylic acids is 2. The number of piperazine rings is 1. The Bertz CT molecular complexity index is 876. The van der Waals surface area contributed by atoms with Crippen molar-refractivity contribution in [2.45, 2.75) is 26.8 Å². The Kier molecular flexibility index (Phi) is 6.80. The number of halogens is 1. The van der Waals surface area contributed by atoms with Gasteiger partial charge in [-0.15, -0.1) is 0 Å². The van der Waals surface area contributed by atoms with E-state index in [-0.39, 0.29) is 17.7 Å². The molecule has 1 N–H and O–H groups in total. The van der Waals surface area contributed by atoms with Crippen LogP contribution in [0.2, 0.25) is 5.02 Å². The van der Waals surface area contributed by atoms with Crippen molar-refractivity contribution < 1.29 is 9.59 Å². The maximum Gasteiger partial charge on any atom is 0.251 e. The molecule has 0 bridgehead atoms. The van der Waals surface area contributed by atoms with Crippen molar-refractivity contribution in [1.82, 2.24) is 10.2 Å². The van der Waals surface area contributed by atoms with E-state index in [9.17, 15) is 9.59 Å². The summed E-state index contributed by atoms with van der Waals surface area (Å²) in [6.07, 6.45) is 0. The van der Waals surface area contributed by atoms with E-state index in [4.69, 9.17) is 11.6 Å². The second-order valence-electron chi connectivity index (χ2n) is 7.86. The molecule has 154 valence electrons. The van der Waals surface area contributed by atoms with Gasteiger partial charge in [0.15, 0.2) is 0 Å². The highest BCUT2D eigenvalue weighted by molar-refractivity contribution is 6.30. The SMILES string of the molecule is Cc1cccc(C(=O)N[C@H](C(=O)N2CCN(c3cccc(Cl)c3)CC2)C(C)C)c1. The summed E-state index contributed by atoms with van der Waals surface area (Å²) < 4.78 is 0.